The Morgan fingerprint density at radius 3 is 1.95 bits per heavy atom. The van der Waals surface area contributed by atoms with Gasteiger partial charge in [0.1, 0.15) is 5.69 Å². The Labute approximate surface area is 139 Å². The molecule has 0 fully saturated rings. The molecule has 1 heterocycles. The van der Waals surface area contributed by atoms with Crippen LogP contribution in [-0.2, 0) is 6.61 Å². The Morgan fingerprint density at radius 1 is 0.950 bits per heavy atom. The van der Waals surface area contributed by atoms with E-state index in [1.54, 1.807) is 0 Å². The minimum atomic E-state index is -0.756. The summed E-state index contributed by atoms with van der Waals surface area (Å²) < 4.78 is 14.2. The van der Waals surface area contributed by atoms with Crippen LogP contribution in [0.3, 0.4) is 0 Å². The zero-order valence-electron chi connectivity index (χ0n) is 9.52. The monoisotopic (exact) mass is 373 g/mol. The van der Waals surface area contributed by atoms with E-state index >= 15 is 0 Å². The first-order valence-electron chi connectivity index (χ1n) is 5.16. The highest BCUT2D eigenvalue weighted by Gasteiger charge is 2.24. The molecule has 0 saturated carbocycles. The second kappa shape index (κ2) is 6.22. The predicted octanol–water partition coefficient (Wildman–Crippen LogP) is 5.65. The van der Waals surface area contributed by atoms with Crippen LogP contribution >= 0.6 is 58.0 Å². The maximum atomic E-state index is 14.2. The van der Waals surface area contributed by atoms with Crippen LogP contribution in [0.2, 0.25) is 25.1 Å². The molecule has 1 aromatic heterocycles. The largest absolute Gasteiger partial charge is 0.392 e. The lowest BCUT2D eigenvalue weighted by atomic mass is 10.1. The SMILES string of the molecule is OCc1ccnc(-c2c(Cl)c(Cl)c(Cl)c(Cl)c2Cl)c1F. The van der Waals surface area contributed by atoms with Crippen LogP contribution in [0.1, 0.15) is 5.56 Å². The van der Waals surface area contributed by atoms with E-state index in [0.29, 0.717) is 0 Å². The molecule has 0 aliphatic carbocycles. The maximum Gasteiger partial charge on any atom is 0.155 e. The number of aliphatic hydroxyl groups excluding tert-OH is 1. The van der Waals surface area contributed by atoms with Gasteiger partial charge in [-0.25, -0.2) is 4.39 Å². The molecule has 0 bridgehead atoms. The topological polar surface area (TPSA) is 33.1 Å². The molecule has 2 aromatic rings. The molecule has 0 radical (unpaired) electrons. The highest BCUT2D eigenvalue weighted by atomic mass is 35.5. The highest BCUT2D eigenvalue weighted by molar-refractivity contribution is 6.56. The average molecular weight is 375 g/mol. The van der Waals surface area contributed by atoms with Crippen molar-refractivity contribution in [3.8, 4) is 11.3 Å². The first-order chi connectivity index (χ1) is 9.40. The number of aliphatic hydroxyl groups is 1. The standard InChI is InChI=1S/C12H5Cl5FNO/c13-6-5(7(14)9(16)10(17)8(6)15)12-11(18)4(3-20)1-2-19-12/h1-2,20H,3H2. The van der Waals surface area contributed by atoms with E-state index in [0.717, 1.165) is 0 Å². The molecule has 0 aliphatic heterocycles. The van der Waals surface area contributed by atoms with Gasteiger partial charge in [-0.3, -0.25) is 4.98 Å². The van der Waals surface area contributed by atoms with Gasteiger partial charge in [0.15, 0.2) is 5.82 Å². The number of hydrogen-bond acceptors (Lipinski definition) is 2. The van der Waals surface area contributed by atoms with E-state index in [2.05, 4.69) is 4.98 Å². The van der Waals surface area contributed by atoms with Crippen LogP contribution < -0.4 is 0 Å². The van der Waals surface area contributed by atoms with E-state index in [4.69, 9.17) is 63.1 Å². The van der Waals surface area contributed by atoms with Crippen LogP contribution in [0.15, 0.2) is 12.3 Å². The molecule has 1 N–H and O–H groups in total. The Bertz CT molecular complexity index is 663. The van der Waals surface area contributed by atoms with Crippen LogP contribution in [0.25, 0.3) is 11.3 Å². The molecule has 0 unspecified atom stereocenters. The van der Waals surface area contributed by atoms with Gasteiger partial charge in [-0.1, -0.05) is 58.0 Å². The van der Waals surface area contributed by atoms with Crippen molar-refractivity contribution in [2.75, 3.05) is 0 Å². The lowest BCUT2D eigenvalue weighted by Crippen LogP contribution is -1.98. The lowest BCUT2D eigenvalue weighted by Gasteiger charge is -2.13. The van der Waals surface area contributed by atoms with Crippen LogP contribution in [-0.4, -0.2) is 10.1 Å². The molecule has 0 amide bonds. The molecule has 0 saturated heterocycles. The summed E-state index contributed by atoms with van der Waals surface area (Å²) in [6.45, 7) is -0.494. The number of nitrogens with zero attached hydrogens (tertiary/aromatic N) is 1. The van der Waals surface area contributed by atoms with Crippen molar-refractivity contribution in [3.05, 3.63) is 48.8 Å². The summed E-state index contributed by atoms with van der Waals surface area (Å²) in [5, 5.41) is 8.83. The molecule has 106 valence electrons. The third-order valence-electron chi connectivity index (χ3n) is 2.59. The fraction of sp³-hybridized carbons (Fsp3) is 0.0833. The quantitative estimate of drug-likeness (QED) is 0.544. The fourth-order valence-corrected chi connectivity index (χ4v) is 2.91. The van der Waals surface area contributed by atoms with Crippen molar-refractivity contribution in [3.63, 3.8) is 0 Å². The van der Waals surface area contributed by atoms with Gasteiger partial charge < -0.3 is 5.11 Å². The van der Waals surface area contributed by atoms with Gasteiger partial charge in [0.05, 0.1) is 31.7 Å². The number of hydrogen-bond donors (Lipinski definition) is 1. The lowest BCUT2D eigenvalue weighted by molar-refractivity contribution is 0.275. The second-order valence-corrected chi connectivity index (χ2v) is 5.63. The molecule has 0 aliphatic rings. The van der Waals surface area contributed by atoms with Crippen molar-refractivity contribution in [1.29, 1.82) is 0 Å². The molecule has 1 aromatic carbocycles. The molecule has 0 atom stereocenters. The van der Waals surface area contributed by atoms with Crippen LogP contribution in [0, 0.1) is 5.82 Å². The van der Waals surface area contributed by atoms with Crippen molar-refractivity contribution in [1.82, 2.24) is 4.98 Å². The Morgan fingerprint density at radius 2 is 1.45 bits per heavy atom. The minimum Gasteiger partial charge on any atom is -0.392 e. The summed E-state index contributed by atoms with van der Waals surface area (Å²) in [5.41, 5.74) is -0.0862. The minimum absolute atomic E-state index is 0.0224. The zero-order valence-corrected chi connectivity index (χ0v) is 13.3. The fourth-order valence-electron chi connectivity index (χ4n) is 1.59. The number of benzene rings is 1. The van der Waals surface area contributed by atoms with Gasteiger partial charge in [0.25, 0.3) is 0 Å². The van der Waals surface area contributed by atoms with E-state index in [9.17, 15) is 4.39 Å². The number of halogens is 6. The van der Waals surface area contributed by atoms with Crippen LogP contribution in [0.5, 0.6) is 0 Å². The summed E-state index contributed by atoms with van der Waals surface area (Å²) in [6.07, 6.45) is 1.31. The zero-order chi connectivity index (χ0) is 15.0. The van der Waals surface area contributed by atoms with E-state index in [1.807, 2.05) is 0 Å². The maximum absolute atomic E-state index is 14.2. The Kier molecular flexibility index (Phi) is 5.00. The molecular formula is C12H5Cl5FNO. The van der Waals surface area contributed by atoms with Gasteiger partial charge in [0.2, 0.25) is 0 Å². The Balaban J connectivity index is 2.84. The van der Waals surface area contributed by atoms with Gasteiger partial charge in [0, 0.05) is 17.3 Å². The number of pyridine rings is 1. The van der Waals surface area contributed by atoms with Gasteiger partial charge in [-0.15, -0.1) is 0 Å². The van der Waals surface area contributed by atoms with Crippen LogP contribution in [0.4, 0.5) is 4.39 Å². The van der Waals surface area contributed by atoms with Crippen molar-refractivity contribution >= 4 is 58.0 Å². The average Bonchev–Trinajstić information content (AvgIpc) is 2.45. The van der Waals surface area contributed by atoms with Gasteiger partial charge in [-0.2, -0.15) is 0 Å². The smallest absolute Gasteiger partial charge is 0.155 e. The van der Waals surface area contributed by atoms with E-state index in [-0.39, 0.29) is 41.9 Å². The van der Waals surface area contributed by atoms with Gasteiger partial charge in [-0.05, 0) is 6.07 Å². The van der Waals surface area contributed by atoms with Crippen molar-refractivity contribution in [2.24, 2.45) is 0 Å². The molecule has 2 nitrogen and oxygen atoms in total. The summed E-state index contributed by atoms with van der Waals surface area (Å²) in [7, 11) is 0. The Hall–Kier alpha value is -0.290. The first kappa shape index (κ1) is 16.1. The summed E-state index contributed by atoms with van der Waals surface area (Å²) >= 11 is 29.8. The molecule has 20 heavy (non-hydrogen) atoms. The highest BCUT2D eigenvalue weighted by Crippen LogP contribution is 2.48. The van der Waals surface area contributed by atoms with Gasteiger partial charge >= 0.3 is 0 Å². The number of aromatic nitrogens is 1. The predicted molar refractivity (Wildman–Crippen MR) is 80.6 cm³/mol. The molecule has 0 spiro atoms. The van der Waals surface area contributed by atoms with E-state index < -0.39 is 12.4 Å². The summed E-state index contributed by atoms with van der Waals surface area (Å²) in [6, 6.07) is 1.33. The second-order valence-electron chi connectivity index (χ2n) is 3.74. The number of rotatable bonds is 2. The normalized spacial score (nSPS) is 10.9. The van der Waals surface area contributed by atoms with Crippen molar-refractivity contribution in [2.45, 2.75) is 6.61 Å². The molecule has 2 rings (SSSR count). The van der Waals surface area contributed by atoms with Crippen molar-refractivity contribution < 1.29 is 9.50 Å². The summed E-state index contributed by atoms with van der Waals surface area (Å²) in [5.74, 6) is -0.756. The third-order valence-corrected chi connectivity index (χ3v) is 4.86. The summed E-state index contributed by atoms with van der Waals surface area (Å²) in [4.78, 5) is 3.88. The molecule has 8 heteroatoms. The van der Waals surface area contributed by atoms with E-state index in [1.165, 1.54) is 12.3 Å². The molecular weight excluding hydrogens is 370 g/mol. The first-order valence-corrected chi connectivity index (χ1v) is 7.05. The third kappa shape index (κ3) is 2.59.